The number of nitrogens with zero attached hydrogens (tertiary/aromatic N) is 1. The normalized spacial score (nSPS) is 11.2. The van der Waals surface area contributed by atoms with Crippen LogP contribution in [0, 0.1) is 0 Å². The lowest BCUT2D eigenvalue weighted by Gasteiger charge is -2.16. The van der Waals surface area contributed by atoms with Gasteiger partial charge in [-0.15, -0.1) is 11.3 Å². The number of rotatable bonds is 4. The van der Waals surface area contributed by atoms with E-state index < -0.39 is 0 Å². The van der Waals surface area contributed by atoms with Crippen molar-refractivity contribution in [2.45, 2.75) is 13.1 Å². The molecule has 0 unspecified atom stereocenters. The van der Waals surface area contributed by atoms with E-state index in [9.17, 15) is 0 Å². The second-order valence-corrected chi connectivity index (χ2v) is 7.24. The van der Waals surface area contributed by atoms with Crippen LogP contribution >= 0.6 is 50.5 Å². The minimum absolute atomic E-state index is 0.792. The van der Waals surface area contributed by atoms with Gasteiger partial charge in [0.05, 0.1) is 4.34 Å². The Morgan fingerprint density at radius 2 is 1.94 bits per heavy atom. The molecule has 0 N–H and O–H groups in total. The summed E-state index contributed by atoms with van der Waals surface area (Å²) < 4.78 is 1.84. The molecule has 96 valence electrons. The number of benzene rings is 1. The summed E-state index contributed by atoms with van der Waals surface area (Å²) in [7, 11) is 2.08. The average molecular weight is 365 g/mol. The Morgan fingerprint density at radius 3 is 2.56 bits per heavy atom. The van der Waals surface area contributed by atoms with Gasteiger partial charge in [-0.05, 0) is 36.9 Å². The zero-order valence-corrected chi connectivity index (χ0v) is 13.7. The molecule has 2 rings (SSSR count). The molecule has 0 bridgehead atoms. The van der Waals surface area contributed by atoms with Crippen LogP contribution in [0.2, 0.25) is 9.36 Å². The van der Waals surface area contributed by atoms with Gasteiger partial charge in [-0.1, -0.05) is 45.2 Å². The molecule has 18 heavy (non-hydrogen) atoms. The van der Waals surface area contributed by atoms with Crippen LogP contribution < -0.4 is 0 Å². The predicted octanol–water partition coefficient (Wildman–Crippen LogP) is 5.45. The highest BCUT2D eigenvalue weighted by Gasteiger charge is 2.07. The maximum atomic E-state index is 6.21. The van der Waals surface area contributed by atoms with Crippen molar-refractivity contribution in [3.05, 3.63) is 54.6 Å². The SMILES string of the molecule is CN(Cc1ccc(Cl)s1)Cc1ccc(Br)cc1Cl. The van der Waals surface area contributed by atoms with Crippen molar-refractivity contribution < 1.29 is 0 Å². The van der Waals surface area contributed by atoms with Crippen molar-refractivity contribution in [2.75, 3.05) is 7.05 Å². The van der Waals surface area contributed by atoms with Gasteiger partial charge in [-0.2, -0.15) is 0 Å². The summed E-state index contributed by atoms with van der Waals surface area (Å²) >= 11 is 17.2. The highest BCUT2D eigenvalue weighted by atomic mass is 79.9. The molecule has 0 atom stereocenters. The van der Waals surface area contributed by atoms with Gasteiger partial charge in [-0.25, -0.2) is 0 Å². The van der Waals surface area contributed by atoms with Crippen LogP contribution in [0.1, 0.15) is 10.4 Å². The summed E-state index contributed by atoms with van der Waals surface area (Å²) in [6, 6.07) is 9.98. The lowest BCUT2D eigenvalue weighted by atomic mass is 10.2. The minimum atomic E-state index is 0.792. The van der Waals surface area contributed by atoms with Gasteiger partial charge in [0, 0.05) is 27.5 Å². The monoisotopic (exact) mass is 363 g/mol. The second-order valence-electron chi connectivity index (χ2n) is 4.11. The van der Waals surface area contributed by atoms with Crippen LogP contribution in [0.25, 0.3) is 0 Å². The van der Waals surface area contributed by atoms with Gasteiger partial charge in [0.2, 0.25) is 0 Å². The average Bonchev–Trinajstić information content (AvgIpc) is 2.68. The Balaban J connectivity index is 2.00. The highest BCUT2D eigenvalue weighted by molar-refractivity contribution is 9.10. The van der Waals surface area contributed by atoms with Gasteiger partial charge in [0.1, 0.15) is 0 Å². The minimum Gasteiger partial charge on any atom is -0.297 e. The summed E-state index contributed by atoms with van der Waals surface area (Å²) in [5, 5.41) is 0.792. The van der Waals surface area contributed by atoms with Gasteiger partial charge in [0.15, 0.2) is 0 Å². The summed E-state index contributed by atoms with van der Waals surface area (Å²) in [4.78, 5) is 3.48. The Morgan fingerprint density at radius 1 is 1.17 bits per heavy atom. The Bertz CT molecular complexity index is 542. The van der Waals surface area contributed by atoms with E-state index in [0.29, 0.717) is 0 Å². The van der Waals surface area contributed by atoms with Crippen LogP contribution in [0.15, 0.2) is 34.8 Å². The molecule has 0 amide bonds. The van der Waals surface area contributed by atoms with Gasteiger partial charge >= 0.3 is 0 Å². The molecule has 0 fully saturated rings. The van der Waals surface area contributed by atoms with Crippen LogP contribution in [-0.2, 0) is 13.1 Å². The van der Waals surface area contributed by atoms with E-state index in [4.69, 9.17) is 23.2 Å². The predicted molar refractivity (Wildman–Crippen MR) is 83.7 cm³/mol. The molecule has 0 aliphatic carbocycles. The number of thiophene rings is 1. The van der Waals surface area contributed by atoms with E-state index in [1.165, 1.54) is 4.88 Å². The van der Waals surface area contributed by atoms with Crippen molar-refractivity contribution in [1.82, 2.24) is 4.90 Å². The Labute approximate surface area is 129 Å². The molecular formula is C13H12BrCl2NS. The van der Waals surface area contributed by atoms with Crippen LogP contribution in [0.3, 0.4) is 0 Å². The van der Waals surface area contributed by atoms with Crippen molar-refractivity contribution in [1.29, 1.82) is 0 Å². The summed E-state index contributed by atoms with van der Waals surface area (Å²) in [6.45, 7) is 1.70. The van der Waals surface area contributed by atoms with E-state index >= 15 is 0 Å². The number of halogens is 3. The van der Waals surface area contributed by atoms with Crippen LogP contribution in [0.5, 0.6) is 0 Å². The molecule has 0 spiro atoms. The van der Waals surface area contributed by atoms with Crippen molar-refractivity contribution >= 4 is 50.5 Å². The van der Waals surface area contributed by atoms with Crippen molar-refractivity contribution in [2.24, 2.45) is 0 Å². The Hall–Kier alpha value is -0.0600. The maximum absolute atomic E-state index is 6.21. The van der Waals surface area contributed by atoms with E-state index in [1.54, 1.807) is 11.3 Å². The summed E-state index contributed by atoms with van der Waals surface area (Å²) in [5.74, 6) is 0. The molecule has 0 saturated carbocycles. The molecule has 1 aromatic carbocycles. The van der Waals surface area contributed by atoms with Crippen LogP contribution in [-0.4, -0.2) is 11.9 Å². The molecule has 0 saturated heterocycles. The van der Waals surface area contributed by atoms with Gasteiger partial charge < -0.3 is 0 Å². The van der Waals surface area contributed by atoms with E-state index in [-0.39, 0.29) is 0 Å². The van der Waals surface area contributed by atoms with E-state index in [0.717, 1.165) is 32.5 Å². The van der Waals surface area contributed by atoms with Gasteiger partial charge in [0.25, 0.3) is 0 Å². The molecule has 0 radical (unpaired) electrons. The number of hydrogen-bond donors (Lipinski definition) is 0. The van der Waals surface area contributed by atoms with Gasteiger partial charge in [-0.3, -0.25) is 4.90 Å². The highest BCUT2D eigenvalue weighted by Crippen LogP contribution is 2.25. The smallest absolute Gasteiger partial charge is 0.0931 e. The summed E-state index contributed by atoms with van der Waals surface area (Å²) in [5.41, 5.74) is 1.13. The lowest BCUT2D eigenvalue weighted by molar-refractivity contribution is 0.322. The van der Waals surface area contributed by atoms with Crippen molar-refractivity contribution in [3.8, 4) is 0 Å². The second kappa shape index (κ2) is 6.40. The lowest BCUT2D eigenvalue weighted by Crippen LogP contribution is -2.16. The zero-order chi connectivity index (χ0) is 13.1. The number of hydrogen-bond acceptors (Lipinski definition) is 2. The third-order valence-corrected chi connectivity index (χ3v) is 4.57. The fourth-order valence-electron chi connectivity index (χ4n) is 1.70. The third kappa shape index (κ3) is 3.97. The largest absolute Gasteiger partial charge is 0.297 e. The molecule has 1 aromatic heterocycles. The Kier molecular flexibility index (Phi) is 5.10. The van der Waals surface area contributed by atoms with Crippen LogP contribution in [0.4, 0.5) is 0 Å². The molecule has 1 heterocycles. The molecule has 1 nitrogen and oxygen atoms in total. The molecule has 0 aliphatic heterocycles. The van der Waals surface area contributed by atoms with E-state index in [2.05, 4.69) is 33.9 Å². The van der Waals surface area contributed by atoms with E-state index in [1.807, 2.05) is 24.3 Å². The maximum Gasteiger partial charge on any atom is 0.0931 e. The molecule has 2 aromatic rings. The molecule has 0 aliphatic rings. The fourth-order valence-corrected chi connectivity index (χ4v) is 3.60. The molecular weight excluding hydrogens is 353 g/mol. The summed E-state index contributed by atoms with van der Waals surface area (Å²) in [6.07, 6.45) is 0. The topological polar surface area (TPSA) is 3.24 Å². The first-order valence-electron chi connectivity index (χ1n) is 5.41. The standard InChI is InChI=1S/C13H12BrCl2NS/c1-17(8-11-4-5-13(16)18-11)7-9-2-3-10(14)6-12(9)15/h2-6H,7-8H2,1H3. The first-order valence-corrected chi connectivity index (χ1v) is 7.78. The first kappa shape index (κ1) is 14.4. The molecule has 5 heteroatoms. The first-order chi connectivity index (χ1) is 8.54. The van der Waals surface area contributed by atoms with Crippen molar-refractivity contribution in [3.63, 3.8) is 0 Å². The zero-order valence-electron chi connectivity index (χ0n) is 9.79. The fraction of sp³-hybridized carbons (Fsp3) is 0.231. The quantitative estimate of drug-likeness (QED) is 0.697. The third-order valence-electron chi connectivity index (χ3n) is 2.51.